The SMILES string of the molecule is O=C(CCC(=O)c1ccc(F)cc1)NC1CCCCN1C1C(=O)CSC1=O. The molecule has 2 fully saturated rings. The van der Waals surface area contributed by atoms with E-state index in [1.165, 1.54) is 24.3 Å². The van der Waals surface area contributed by atoms with Crippen molar-refractivity contribution in [3.63, 3.8) is 0 Å². The Balaban J connectivity index is 1.55. The van der Waals surface area contributed by atoms with Crippen molar-refractivity contribution in [2.24, 2.45) is 0 Å². The maximum Gasteiger partial charge on any atom is 0.221 e. The third-order valence-electron chi connectivity index (χ3n) is 4.83. The smallest absolute Gasteiger partial charge is 0.221 e. The van der Waals surface area contributed by atoms with Gasteiger partial charge in [0.2, 0.25) is 11.0 Å². The van der Waals surface area contributed by atoms with E-state index in [1.807, 2.05) is 0 Å². The second-order valence-electron chi connectivity index (χ2n) is 6.72. The van der Waals surface area contributed by atoms with Crippen LogP contribution < -0.4 is 5.32 Å². The first kappa shape index (κ1) is 19.7. The standard InChI is InChI=1S/C19H21FN2O4S/c20-13-6-4-12(5-7-13)14(23)8-9-17(25)21-16-3-1-2-10-22(16)18-15(24)11-27-19(18)26/h4-7,16,18H,1-3,8-11H2,(H,21,25). The zero-order valence-corrected chi connectivity index (χ0v) is 15.6. The van der Waals surface area contributed by atoms with Gasteiger partial charge >= 0.3 is 0 Å². The molecule has 2 aliphatic heterocycles. The maximum atomic E-state index is 12.9. The fraction of sp³-hybridized carbons (Fsp3) is 0.474. The molecule has 1 aromatic rings. The van der Waals surface area contributed by atoms with Gasteiger partial charge in [0, 0.05) is 24.9 Å². The number of nitrogens with one attached hydrogen (secondary N) is 1. The number of nitrogens with zero attached hydrogens (tertiary/aromatic N) is 1. The van der Waals surface area contributed by atoms with Gasteiger partial charge in [0.25, 0.3) is 0 Å². The molecule has 0 aliphatic carbocycles. The molecule has 0 aromatic heterocycles. The summed E-state index contributed by atoms with van der Waals surface area (Å²) in [5.41, 5.74) is 0.364. The average molecular weight is 392 g/mol. The zero-order valence-electron chi connectivity index (χ0n) is 14.8. The van der Waals surface area contributed by atoms with Crippen LogP contribution in [0.1, 0.15) is 42.5 Å². The van der Waals surface area contributed by atoms with Gasteiger partial charge in [-0.25, -0.2) is 4.39 Å². The summed E-state index contributed by atoms with van der Waals surface area (Å²) in [5, 5.41) is 2.70. The molecule has 0 spiro atoms. The molecule has 2 atom stereocenters. The van der Waals surface area contributed by atoms with E-state index in [1.54, 1.807) is 4.90 Å². The van der Waals surface area contributed by atoms with Crippen molar-refractivity contribution >= 4 is 34.4 Å². The second kappa shape index (κ2) is 8.75. The van der Waals surface area contributed by atoms with E-state index < -0.39 is 11.9 Å². The summed E-state index contributed by atoms with van der Waals surface area (Å²) in [4.78, 5) is 50.3. The number of hydrogen-bond acceptors (Lipinski definition) is 6. The number of halogens is 1. The minimum Gasteiger partial charge on any atom is -0.341 e. The third kappa shape index (κ3) is 4.81. The first-order chi connectivity index (χ1) is 13.0. The number of piperidine rings is 1. The fourth-order valence-electron chi connectivity index (χ4n) is 3.43. The van der Waals surface area contributed by atoms with Gasteiger partial charge in [0.1, 0.15) is 11.9 Å². The number of thioether (sulfide) groups is 1. The molecule has 0 radical (unpaired) electrons. The van der Waals surface area contributed by atoms with E-state index in [0.29, 0.717) is 18.5 Å². The highest BCUT2D eigenvalue weighted by Crippen LogP contribution is 2.27. The number of benzene rings is 1. The number of carbonyl (C=O) groups is 4. The molecular formula is C19H21FN2O4S. The zero-order chi connectivity index (χ0) is 19.4. The Morgan fingerprint density at radius 3 is 2.56 bits per heavy atom. The van der Waals surface area contributed by atoms with Gasteiger partial charge in [-0.3, -0.25) is 24.1 Å². The van der Waals surface area contributed by atoms with E-state index in [4.69, 9.17) is 0 Å². The summed E-state index contributed by atoms with van der Waals surface area (Å²) >= 11 is 1.03. The average Bonchev–Trinajstić information content (AvgIpc) is 2.99. The van der Waals surface area contributed by atoms with E-state index >= 15 is 0 Å². The quantitative estimate of drug-likeness (QED) is 0.588. The molecule has 3 rings (SSSR count). The Morgan fingerprint density at radius 2 is 1.89 bits per heavy atom. The van der Waals surface area contributed by atoms with Gasteiger partial charge in [0.15, 0.2) is 11.6 Å². The molecular weight excluding hydrogens is 371 g/mol. The normalized spacial score (nSPS) is 23.4. The van der Waals surface area contributed by atoms with Gasteiger partial charge in [-0.2, -0.15) is 0 Å². The molecule has 2 aliphatic rings. The molecule has 1 N–H and O–H groups in total. The van der Waals surface area contributed by atoms with E-state index in [9.17, 15) is 23.6 Å². The second-order valence-corrected chi connectivity index (χ2v) is 7.70. The Morgan fingerprint density at radius 1 is 1.15 bits per heavy atom. The molecule has 0 bridgehead atoms. The van der Waals surface area contributed by atoms with Gasteiger partial charge < -0.3 is 5.32 Å². The van der Waals surface area contributed by atoms with E-state index in [2.05, 4.69) is 5.32 Å². The van der Waals surface area contributed by atoms with Crippen LogP contribution in [0.2, 0.25) is 0 Å². The lowest BCUT2D eigenvalue weighted by molar-refractivity contribution is -0.133. The predicted molar refractivity (Wildman–Crippen MR) is 98.7 cm³/mol. The van der Waals surface area contributed by atoms with Crippen LogP contribution in [0.15, 0.2) is 24.3 Å². The summed E-state index contributed by atoms with van der Waals surface area (Å²) in [6.07, 6.45) is 2.08. The Labute approximate surface area is 160 Å². The number of hydrogen-bond donors (Lipinski definition) is 1. The summed E-state index contributed by atoms with van der Waals surface area (Å²) in [6.45, 7) is 0.585. The highest BCUT2D eigenvalue weighted by Gasteiger charge is 2.42. The Kier molecular flexibility index (Phi) is 6.38. The highest BCUT2D eigenvalue weighted by molar-refractivity contribution is 8.15. The molecule has 2 unspecified atom stereocenters. The topological polar surface area (TPSA) is 83.6 Å². The van der Waals surface area contributed by atoms with Crippen LogP contribution in [-0.4, -0.2) is 52.0 Å². The predicted octanol–water partition coefficient (Wildman–Crippen LogP) is 1.93. The van der Waals surface area contributed by atoms with Crippen LogP contribution in [0, 0.1) is 5.82 Å². The van der Waals surface area contributed by atoms with Crippen molar-refractivity contribution in [2.45, 2.75) is 44.3 Å². The van der Waals surface area contributed by atoms with Crippen molar-refractivity contribution in [3.8, 4) is 0 Å². The van der Waals surface area contributed by atoms with Gasteiger partial charge in [0.05, 0.1) is 11.9 Å². The summed E-state index contributed by atoms with van der Waals surface area (Å²) in [5.74, 6) is -0.878. The molecule has 1 amide bonds. The summed E-state index contributed by atoms with van der Waals surface area (Å²) in [6, 6.07) is 4.43. The van der Waals surface area contributed by atoms with Crippen LogP contribution in [0.25, 0.3) is 0 Å². The van der Waals surface area contributed by atoms with Crippen LogP contribution in [0.3, 0.4) is 0 Å². The fourth-order valence-corrected chi connectivity index (χ4v) is 4.30. The molecule has 27 heavy (non-hydrogen) atoms. The van der Waals surface area contributed by atoms with Gasteiger partial charge in [-0.15, -0.1) is 0 Å². The molecule has 1 aromatic carbocycles. The van der Waals surface area contributed by atoms with Gasteiger partial charge in [-0.1, -0.05) is 11.8 Å². The van der Waals surface area contributed by atoms with Gasteiger partial charge in [-0.05, 0) is 43.5 Å². The van der Waals surface area contributed by atoms with Crippen LogP contribution in [0.5, 0.6) is 0 Å². The lowest BCUT2D eigenvalue weighted by atomic mass is 10.0. The van der Waals surface area contributed by atoms with Crippen molar-refractivity contribution in [1.82, 2.24) is 10.2 Å². The number of likely N-dealkylation sites (tertiary alicyclic amines) is 1. The monoisotopic (exact) mass is 392 g/mol. The third-order valence-corrected chi connectivity index (χ3v) is 5.77. The summed E-state index contributed by atoms with van der Waals surface area (Å²) < 4.78 is 12.9. The molecule has 6 nitrogen and oxygen atoms in total. The van der Waals surface area contributed by atoms with E-state index in [0.717, 1.165) is 24.6 Å². The summed E-state index contributed by atoms with van der Waals surface area (Å²) in [7, 11) is 0. The highest BCUT2D eigenvalue weighted by atomic mass is 32.2. The first-order valence-corrected chi connectivity index (χ1v) is 9.97. The number of amides is 1. The molecule has 2 heterocycles. The largest absolute Gasteiger partial charge is 0.341 e. The Hall–Kier alpha value is -2.06. The van der Waals surface area contributed by atoms with Crippen molar-refractivity contribution in [2.75, 3.05) is 12.3 Å². The van der Waals surface area contributed by atoms with Crippen LogP contribution in [-0.2, 0) is 14.4 Å². The lowest BCUT2D eigenvalue weighted by Gasteiger charge is -2.38. The first-order valence-electron chi connectivity index (χ1n) is 8.99. The number of ketones is 2. The molecule has 2 saturated heterocycles. The van der Waals surface area contributed by atoms with Crippen molar-refractivity contribution < 1.29 is 23.6 Å². The minimum absolute atomic E-state index is 0.00184. The molecule has 0 saturated carbocycles. The van der Waals surface area contributed by atoms with Crippen molar-refractivity contribution in [3.05, 3.63) is 35.6 Å². The number of carbonyl (C=O) groups excluding carboxylic acids is 4. The number of rotatable bonds is 6. The Bertz CT molecular complexity index is 737. The van der Waals surface area contributed by atoms with Crippen LogP contribution in [0.4, 0.5) is 4.39 Å². The molecule has 144 valence electrons. The van der Waals surface area contributed by atoms with E-state index in [-0.39, 0.29) is 47.3 Å². The lowest BCUT2D eigenvalue weighted by Crippen LogP contribution is -2.57. The number of Topliss-reactive ketones (excluding diaryl/α,β-unsaturated/α-hetero) is 2. The van der Waals surface area contributed by atoms with Crippen LogP contribution >= 0.6 is 11.8 Å². The minimum atomic E-state index is -0.776. The molecule has 8 heteroatoms. The maximum absolute atomic E-state index is 12.9. The van der Waals surface area contributed by atoms with Crippen molar-refractivity contribution in [1.29, 1.82) is 0 Å².